The Labute approximate surface area is 251 Å². The molecule has 0 saturated heterocycles. The summed E-state index contributed by atoms with van der Waals surface area (Å²) in [5, 5.41) is 7.73. The van der Waals surface area contributed by atoms with E-state index in [0.29, 0.717) is 0 Å². The molecule has 1 heterocycles. The Hall–Kier alpha value is -5.14. The fourth-order valence-corrected chi connectivity index (χ4v) is 7.09. The molecule has 0 amide bonds. The summed E-state index contributed by atoms with van der Waals surface area (Å²) < 4.78 is 2.40. The minimum absolute atomic E-state index is 0.161. The highest BCUT2D eigenvalue weighted by Gasteiger charge is 2.24. The van der Waals surface area contributed by atoms with Crippen molar-refractivity contribution in [3.8, 4) is 39.1 Å². The molecule has 0 fully saturated rings. The van der Waals surface area contributed by atoms with Gasteiger partial charge in [0.05, 0.1) is 11.0 Å². The van der Waals surface area contributed by atoms with Crippen LogP contribution in [0.4, 0.5) is 0 Å². The van der Waals surface area contributed by atoms with E-state index in [0.717, 1.165) is 0 Å². The van der Waals surface area contributed by atoms with Crippen LogP contribution in [0, 0.1) is 0 Å². The molecule has 0 radical (unpaired) electrons. The molecule has 0 N–H and O–H groups in total. The second-order valence-electron chi connectivity index (χ2n) is 13.1. The highest BCUT2D eigenvalue weighted by Crippen LogP contribution is 2.50. The van der Waals surface area contributed by atoms with Crippen molar-refractivity contribution in [1.29, 1.82) is 0 Å². The zero-order chi connectivity index (χ0) is 28.9. The summed E-state index contributed by atoms with van der Waals surface area (Å²) in [5.41, 5.74) is 13.2. The first-order chi connectivity index (χ1) is 20.9. The molecule has 1 aromatic heterocycles. The van der Waals surface area contributed by atoms with Gasteiger partial charge in [-0.2, -0.15) is 0 Å². The van der Waals surface area contributed by atoms with Crippen molar-refractivity contribution < 1.29 is 0 Å². The largest absolute Gasteiger partial charge is 0.309 e. The van der Waals surface area contributed by atoms with Gasteiger partial charge < -0.3 is 4.57 Å². The third-order valence-electron chi connectivity index (χ3n) is 9.44. The van der Waals surface area contributed by atoms with E-state index in [-0.39, 0.29) is 5.41 Å². The maximum Gasteiger partial charge on any atom is 0.0541 e. The smallest absolute Gasteiger partial charge is 0.0541 e. The Balaban J connectivity index is 1.12. The highest BCUT2D eigenvalue weighted by atomic mass is 15.0. The van der Waals surface area contributed by atoms with Crippen LogP contribution in [0.15, 0.2) is 133 Å². The van der Waals surface area contributed by atoms with E-state index in [9.17, 15) is 0 Å². The zero-order valence-electron chi connectivity index (χ0n) is 24.6. The van der Waals surface area contributed by atoms with Crippen molar-refractivity contribution in [2.75, 3.05) is 0 Å². The SMILES string of the molecule is CC(C)(C)c1ccc(-c2ccc3cc4c(cc3c2)-c2cc3ccc(-n5c6ccccc6c6ccccc65)cc3cc2-4)cc1. The van der Waals surface area contributed by atoms with Crippen molar-refractivity contribution in [3.05, 3.63) is 139 Å². The first-order valence-electron chi connectivity index (χ1n) is 15.2. The molecule has 1 nitrogen and oxygen atoms in total. The van der Waals surface area contributed by atoms with E-state index in [1.807, 2.05) is 0 Å². The van der Waals surface area contributed by atoms with Gasteiger partial charge >= 0.3 is 0 Å². The van der Waals surface area contributed by atoms with E-state index in [2.05, 4.69) is 159 Å². The zero-order valence-corrected chi connectivity index (χ0v) is 24.6. The van der Waals surface area contributed by atoms with Crippen LogP contribution in [0.2, 0.25) is 0 Å². The molecule has 1 aliphatic rings. The molecule has 43 heavy (non-hydrogen) atoms. The lowest BCUT2D eigenvalue weighted by atomic mass is 9.77. The van der Waals surface area contributed by atoms with Crippen LogP contribution in [-0.4, -0.2) is 4.57 Å². The average molecular weight is 550 g/mol. The predicted octanol–water partition coefficient (Wildman–Crippen LogP) is 11.7. The molecule has 8 aromatic rings. The van der Waals surface area contributed by atoms with Gasteiger partial charge in [0, 0.05) is 16.5 Å². The minimum Gasteiger partial charge on any atom is -0.309 e. The molecule has 1 aliphatic carbocycles. The number of para-hydroxylation sites is 2. The number of aromatic nitrogens is 1. The Kier molecular flexibility index (Phi) is 4.94. The Bertz CT molecular complexity index is 2360. The van der Waals surface area contributed by atoms with Gasteiger partial charge in [-0.25, -0.2) is 0 Å². The van der Waals surface area contributed by atoms with E-state index in [4.69, 9.17) is 0 Å². The second-order valence-corrected chi connectivity index (χ2v) is 13.1. The fourth-order valence-electron chi connectivity index (χ4n) is 7.09. The van der Waals surface area contributed by atoms with Gasteiger partial charge in [0.1, 0.15) is 0 Å². The monoisotopic (exact) mass is 549 g/mol. The summed E-state index contributed by atoms with van der Waals surface area (Å²) in [6.45, 7) is 6.80. The van der Waals surface area contributed by atoms with Gasteiger partial charge in [-0.15, -0.1) is 0 Å². The summed E-state index contributed by atoms with van der Waals surface area (Å²) in [5.74, 6) is 0. The molecule has 0 bridgehead atoms. The molecule has 0 unspecified atom stereocenters. The van der Waals surface area contributed by atoms with E-state index in [1.54, 1.807) is 0 Å². The van der Waals surface area contributed by atoms with Gasteiger partial charge in [-0.05, 0) is 121 Å². The molecule has 1 heteroatoms. The summed E-state index contributed by atoms with van der Waals surface area (Å²) in [6, 6.07) is 49.8. The van der Waals surface area contributed by atoms with Crippen LogP contribution in [0.1, 0.15) is 26.3 Å². The van der Waals surface area contributed by atoms with Gasteiger partial charge in [0.15, 0.2) is 0 Å². The summed E-state index contributed by atoms with van der Waals surface area (Å²) in [7, 11) is 0. The van der Waals surface area contributed by atoms with E-state index in [1.165, 1.54) is 88.0 Å². The average Bonchev–Trinajstić information content (AvgIpc) is 3.37. The van der Waals surface area contributed by atoms with Crippen LogP contribution in [0.25, 0.3) is 82.4 Å². The number of nitrogens with zero attached hydrogens (tertiary/aromatic N) is 1. The minimum atomic E-state index is 0.161. The second kappa shape index (κ2) is 8.69. The van der Waals surface area contributed by atoms with Gasteiger partial charge in [-0.1, -0.05) is 99.6 Å². The van der Waals surface area contributed by atoms with Crippen molar-refractivity contribution in [3.63, 3.8) is 0 Å². The Morgan fingerprint density at radius 1 is 0.419 bits per heavy atom. The first kappa shape index (κ1) is 24.5. The number of rotatable bonds is 2. The number of hydrogen-bond acceptors (Lipinski definition) is 0. The van der Waals surface area contributed by atoms with Crippen LogP contribution in [0.3, 0.4) is 0 Å². The predicted molar refractivity (Wildman–Crippen MR) is 184 cm³/mol. The van der Waals surface area contributed by atoms with Gasteiger partial charge in [0.2, 0.25) is 0 Å². The maximum atomic E-state index is 2.40. The normalized spacial score (nSPS) is 12.5. The van der Waals surface area contributed by atoms with Crippen molar-refractivity contribution in [1.82, 2.24) is 4.57 Å². The molecule has 204 valence electrons. The van der Waals surface area contributed by atoms with E-state index < -0.39 is 0 Å². The fraction of sp³-hybridized carbons (Fsp3) is 0.0952. The molecular weight excluding hydrogens is 518 g/mol. The summed E-state index contributed by atoms with van der Waals surface area (Å²) in [6.07, 6.45) is 0. The Morgan fingerprint density at radius 2 is 0.907 bits per heavy atom. The van der Waals surface area contributed by atoms with Crippen molar-refractivity contribution in [2.45, 2.75) is 26.2 Å². The molecule has 0 saturated carbocycles. The molecule has 0 aliphatic heterocycles. The van der Waals surface area contributed by atoms with E-state index >= 15 is 0 Å². The third-order valence-corrected chi connectivity index (χ3v) is 9.44. The topological polar surface area (TPSA) is 4.93 Å². The van der Waals surface area contributed by atoms with Crippen LogP contribution in [-0.2, 0) is 5.41 Å². The van der Waals surface area contributed by atoms with Gasteiger partial charge in [-0.3, -0.25) is 0 Å². The molecule has 7 aromatic carbocycles. The number of fused-ring (bicyclic) bond motifs is 9. The quantitative estimate of drug-likeness (QED) is 0.202. The molecule has 0 spiro atoms. The van der Waals surface area contributed by atoms with Crippen molar-refractivity contribution in [2.24, 2.45) is 0 Å². The summed E-state index contributed by atoms with van der Waals surface area (Å²) in [4.78, 5) is 0. The standard InChI is InChI=1S/C42H31N/c1-42(2,3)32-17-14-26(15-18-32)27-12-13-28-22-36-38(24-30(28)20-27)37-23-29-16-19-33(21-31(29)25-39(36)37)43-40-10-6-4-8-34(40)35-9-5-7-11-41(35)43/h4-25H,1-3H3. The maximum absolute atomic E-state index is 2.40. The first-order valence-corrected chi connectivity index (χ1v) is 15.2. The summed E-state index contributed by atoms with van der Waals surface area (Å²) >= 11 is 0. The third kappa shape index (κ3) is 3.64. The lowest BCUT2D eigenvalue weighted by Gasteiger charge is -2.26. The van der Waals surface area contributed by atoms with Gasteiger partial charge in [0.25, 0.3) is 0 Å². The lowest BCUT2D eigenvalue weighted by molar-refractivity contribution is 0.590. The van der Waals surface area contributed by atoms with Crippen LogP contribution < -0.4 is 0 Å². The Morgan fingerprint density at radius 3 is 1.49 bits per heavy atom. The molecule has 9 rings (SSSR count). The highest BCUT2D eigenvalue weighted by molar-refractivity contribution is 6.13. The lowest BCUT2D eigenvalue weighted by Crippen LogP contribution is -2.10. The molecular formula is C42H31N. The van der Waals surface area contributed by atoms with Crippen molar-refractivity contribution >= 4 is 43.4 Å². The van der Waals surface area contributed by atoms with Crippen LogP contribution in [0.5, 0.6) is 0 Å². The molecule has 0 atom stereocenters. The number of hydrogen-bond donors (Lipinski definition) is 0. The van der Waals surface area contributed by atoms with Crippen LogP contribution >= 0.6 is 0 Å². The number of benzene rings is 7.